The molecule has 0 spiro atoms. The first-order valence-corrected chi connectivity index (χ1v) is 6.73. The van der Waals surface area contributed by atoms with Crippen LogP contribution in [0.5, 0.6) is 5.88 Å². The summed E-state index contributed by atoms with van der Waals surface area (Å²) in [5.41, 5.74) is 5.91. The van der Waals surface area contributed by atoms with Gasteiger partial charge >= 0.3 is 0 Å². The van der Waals surface area contributed by atoms with Crippen LogP contribution in [0.4, 0.5) is 0 Å². The summed E-state index contributed by atoms with van der Waals surface area (Å²) in [6.45, 7) is 0.143. The normalized spacial score (nSPS) is 11.1. The van der Waals surface area contributed by atoms with Gasteiger partial charge in [-0.2, -0.15) is 0 Å². The standard InChI is InChI=1S/C9H13N3O3S2/c1-15-9-4-7(2-3-11-9)5-12-17(13,14)6-8(10)16/h2-4,12H,5-6H2,1H3,(H2,10,16). The van der Waals surface area contributed by atoms with Crippen molar-refractivity contribution in [2.45, 2.75) is 6.54 Å². The van der Waals surface area contributed by atoms with Crippen LogP contribution >= 0.6 is 12.2 Å². The number of hydrogen-bond acceptors (Lipinski definition) is 5. The molecule has 0 amide bonds. The Morgan fingerprint density at radius 3 is 2.94 bits per heavy atom. The molecule has 0 aliphatic heterocycles. The van der Waals surface area contributed by atoms with Gasteiger partial charge in [-0.3, -0.25) is 0 Å². The number of hydrogen-bond donors (Lipinski definition) is 2. The molecule has 0 bridgehead atoms. The van der Waals surface area contributed by atoms with E-state index < -0.39 is 10.0 Å². The van der Waals surface area contributed by atoms with Gasteiger partial charge in [0.15, 0.2) is 0 Å². The van der Waals surface area contributed by atoms with Gasteiger partial charge in [-0.1, -0.05) is 12.2 Å². The highest BCUT2D eigenvalue weighted by molar-refractivity contribution is 7.92. The van der Waals surface area contributed by atoms with Gasteiger partial charge < -0.3 is 10.5 Å². The minimum absolute atomic E-state index is 0.0650. The second-order valence-electron chi connectivity index (χ2n) is 3.25. The smallest absolute Gasteiger partial charge is 0.218 e. The van der Waals surface area contributed by atoms with Crippen molar-refractivity contribution in [3.8, 4) is 5.88 Å². The number of pyridine rings is 1. The number of nitrogens with one attached hydrogen (secondary N) is 1. The molecule has 17 heavy (non-hydrogen) atoms. The van der Waals surface area contributed by atoms with Gasteiger partial charge in [-0.05, 0) is 11.6 Å². The van der Waals surface area contributed by atoms with E-state index in [-0.39, 0.29) is 17.3 Å². The third kappa shape index (κ3) is 5.07. The number of aromatic nitrogens is 1. The van der Waals surface area contributed by atoms with Crippen LogP contribution in [0.3, 0.4) is 0 Å². The molecule has 1 aromatic heterocycles. The Kier molecular flexibility index (Phi) is 4.79. The van der Waals surface area contributed by atoms with Crippen LogP contribution in [0.2, 0.25) is 0 Å². The predicted octanol–water partition coefficient (Wildman–Crippen LogP) is -0.204. The van der Waals surface area contributed by atoms with E-state index in [1.54, 1.807) is 12.1 Å². The average Bonchev–Trinajstić information content (AvgIpc) is 2.25. The Bertz CT molecular complexity index is 502. The summed E-state index contributed by atoms with van der Waals surface area (Å²) >= 11 is 4.54. The molecule has 0 saturated heterocycles. The highest BCUT2D eigenvalue weighted by Crippen LogP contribution is 2.08. The van der Waals surface area contributed by atoms with Gasteiger partial charge in [-0.15, -0.1) is 0 Å². The van der Waals surface area contributed by atoms with Crippen molar-refractivity contribution in [2.24, 2.45) is 5.73 Å². The number of sulfonamides is 1. The zero-order valence-corrected chi connectivity index (χ0v) is 10.8. The molecule has 94 valence electrons. The number of thiocarbonyl (C=S) groups is 1. The molecule has 0 atom stereocenters. The van der Waals surface area contributed by atoms with Gasteiger partial charge in [0.2, 0.25) is 15.9 Å². The first-order chi connectivity index (χ1) is 7.93. The van der Waals surface area contributed by atoms with Crippen LogP contribution in [0.1, 0.15) is 5.56 Å². The predicted molar refractivity (Wildman–Crippen MR) is 68.2 cm³/mol. The monoisotopic (exact) mass is 275 g/mol. The number of methoxy groups -OCH3 is 1. The van der Waals surface area contributed by atoms with Crippen LogP contribution in [0.25, 0.3) is 0 Å². The topological polar surface area (TPSA) is 94.3 Å². The maximum atomic E-state index is 11.4. The molecule has 0 aromatic carbocycles. The minimum Gasteiger partial charge on any atom is -0.481 e. The van der Waals surface area contributed by atoms with E-state index >= 15 is 0 Å². The SMILES string of the molecule is COc1cc(CNS(=O)(=O)CC(N)=S)ccn1. The second-order valence-corrected chi connectivity index (χ2v) is 5.58. The maximum Gasteiger partial charge on any atom is 0.218 e. The van der Waals surface area contributed by atoms with Gasteiger partial charge in [-0.25, -0.2) is 18.1 Å². The van der Waals surface area contributed by atoms with Crippen LogP contribution in [0.15, 0.2) is 18.3 Å². The quantitative estimate of drug-likeness (QED) is 0.698. The van der Waals surface area contributed by atoms with Crippen molar-refractivity contribution in [1.82, 2.24) is 9.71 Å². The summed E-state index contributed by atoms with van der Waals surface area (Å²) in [7, 11) is -1.99. The third-order valence-electron chi connectivity index (χ3n) is 1.84. The fourth-order valence-corrected chi connectivity index (χ4v) is 2.43. The molecule has 0 unspecified atom stereocenters. The van der Waals surface area contributed by atoms with E-state index in [0.717, 1.165) is 5.56 Å². The summed E-state index contributed by atoms with van der Waals surface area (Å²) in [5, 5.41) is 0. The van der Waals surface area contributed by atoms with Crippen molar-refractivity contribution < 1.29 is 13.2 Å². The number of rotatable bonds is 6. The Morgan fingerprint density at radius 2 is 2.35 bits per heavy atom. The Morgan fingerprint density at radius 1 is 1.65 bits per heavy atom. The van der Waals surface area contributed by atoms with E-state index in [0.29, 0.717) is 5.88 Å². The van der Waals surface area contributed by atoms with E-state index in [2.05, 4.69) is 21.9 Å². The minimum atomic E-state index is -3.48. The van der Waals surface area contributed by atoms with E-state index in [1.807, 2.05) is 0 Å². The fraction of sp³-hybridized carbons (Fsp3) is 0.333. The van der Waals surface area contributed by atoms with Crippen LogP contribution in [0, 0.1) is 0 Å². The lowest BCUT2D eigenvalue weighted by molar-refractivity contribution is 0.397. The molecule has 3 N–H and O–H groups in total. The summed E-state index contributed by atoms with van der Waals surface area (Å²) in [6, 6.07) is 3.33. The first-order valence-electron chi connectivity index (χ1n) is 4.67. The molecule has 1 heterocycles. The van der Waals surface area contributed by atoms with Gasteiger partial charge in [0, 0.05) is 18.8 Å². The summed E-state index contributed by atoms with van der Waals surface area (Å²) in [5.74, 6) is 0.0703. The van der Waals surface area contributed by atoms with E-state index in [1.165, 1.54) is 13.3 Å². The van der Waals surface area contributed by atoms with Crippen molar-refractivity contribution in [3.05, 3.63) is 23.9 Å². The molecule has 0 radical (unpaired) electrons. The zero-order valence-electron chi connectivity index (χ0n) is 9.21. The summed E-state index contributed by atoms with van der Waals surface area (Å²) < 4.78 is 30.2. The first kappa shape index (κ1) is 13.8. The zero-order chi connectivity index (χ0) is 12.9. The Labute approximate surface area is 105 Å². The third-order valence-corrected chi connectivity index (χ3v) is 3.44. The molecule has 8 heteroatoms. The van der Waals surface area contributed by atoms with Crippen molar-refractivity contribution >= 4 is 27.2 Å². The Hall–Kier alpha value is -1.25. The van der Waals surface area contributed by atoms with Gasteiger partial charge in [0.1, 0.15) is 5.75 Å². The van der Waals surface area contributed by atoms with Gasteiger partial charge in [0.25, 0.3) is 0 Å². The average molecular weight is 275 g/mol. The molecular formula is C9H13N3O3S2. The molecule has 1 rings (SSSR count). The van der Waals surface area contributed by atoms with Crippen LogP contribution < -0.4 is 15.2 Å². The largest absolute Gasteiger partial charge is 0.481 e. The van der Waals surface area contributed by atoms with Crippen LogP contribution in [-0.2, 0) is 16.6 Å². The number of nitrogens with two attached hydrogens (primary N) is 1. The molecule has 0 saturated carbocycles. The molecule has 6 nitrogen and oxygen atoms in total. The Balaban J connectivity index is 2.64. The number of nitrogens with zero attached hydrogens (tertiary/aromatic N) is 1. The maximum absolute atomic E-state index is 11.4. The van der Waals surface area contributed by atoms with Crippen LogP contribution in [-0.4, -0.2) is 31.3 Å². The lowest BCUT2D eigenvalue weighted by Crippen LogP contribution is -2.31. The highest BCUT2D eigenvalue weighted by atomic mass is 32.2. The molecule has 0 aliphatic carbocycles. The summed E-state index contributed by atoms with van der Waals surface area (Å²) in [6.07, 6.45) is 1.54. The molecule has 0 aliphatic rings. The molecule has 0 fully saturated rings. The second kappa shape index (κ2) is 5.89. The molecule has 1 aromatic rings. The lowest BCUT2D eigenvalue weighted by Gasteiger charge is -2.06. The molecular weight excluding hydrogens is 262 g/mol. The highest BCUT2D eigenvalue weighted by Gasteiger charge is 2.11. The summed E-state index contributed by atoms with van der Waals surface area (Å²) in [4.78, 5) is 3.85. The van der Waals surface area contributed by atoms with Crippen molar-refractivity contribution in [2.75, 3.05) is 12.9 Å². The number of ether oxygens (including phenoxy) is 1. The van der Waals surface area contributed by atoms with E-state index in [9.17, 15) is 8.42 Å². The fourth-order valence-electron chi connectivity index (χ4n) is 1.10. The van der Waals surface area contributed by atoms with E-state index in [4.69, 9.17) is 10.5 Å². The lowest BCUT2D eigenvalue weighted by atomic mass is 10.3. The van der Waals surface area contributed by atoms with Gasteiger partial charge in [0.05, 0.1) is 12.1 Å². The van der Waals surface area contributed by atoms with Crippen molar-refractivity contribution in [1.29, 1.82) is 0 Å². The van der Waals surface area contributed by atoms with Crippen molar-refractivity contribution in [3.63, 3.8) is 0 Å².